The number of carbonyl (C=O) groups excluding carboxylic acids is 1. The number of hydrogen-bond acceptors (Lipinski definition) is 5. The monoisotopic (exact) mass is 335 g/mol. The Bertz CT molecular complexity index is 813. The van der Waals surface area contributed by atoms with Gasteiger partial charge in [-0.05, 0) is 31.2 Å². The van der Waals surface area contributed by atoms with Gasteiger partial charge in [0.1, 0.15) is 11.3 Å². The van der Waals surface area contributed by atoms with Crippen molar-refractivity contribution >= 4 is 21.7 Å². The van der Waals surface area contributed by atoms with Crippen molar-refractivity contribution < 1.29 is 22.7 Å². The van der Waals surface area contributed by atoms with Crippen LogP contribution >= 0.6 is 0 Å². The number of hydrogen-bond donors (Lipinski definition) is 1. The fraction of sp³-hybridized carbons (Fsp3) is 0.188. The summed E-state index contributed by atoms with van der Waals surface area (Å²) in [6.07, 6.45) is 0. The van der Waals surface area contributed by atoms with Gasteiger partial charge in [0.2, 0.25) is 0 Å². The summed E-state index contributed by atoms with van der Waals surface area (Å²) in [5.74, 6) is -0.337. The van der Waals surface area contributed by atoms with E-state index < -0.39 is 16.0 Å². The van der Waals surface area contributed by atoms with Gasteiger partial charge in [-0.1, -0.05) is 17.7 Å². The summed E-state index contributed by atoms with van der Waals surface area (Å²) in [5, 5.41) is 0. The van der Waals surface area contributed by atoms with E-state index >= 15 is 0 Å². The Labute approximate surface area is 135 Å². The SMILES string of the molecule is COC(=O)c1ccc(NS(=O)(=O)c2ccc(C)cc2)cc1OC. The fourth-order valence-electron chi connectivity index (χ4n) is 1.96. The first kappa shape index (κ1) is 16.8. The van der Waals surface area contributed by atoms with E-state index in [9.17, 15) is 13.2 Å². The number of aryl methyl sites for hydroxylation is 1. The van der Waals surface area contributed by atoms with Crippen LogP contribution < -0.4 is 9.46 Å². The molecule has 0 spiro atoms. The summed E-state index contributed by atoms with van der Waals surface area (Å²) < 4.78 is 36.9. The first-order chi connectivity index (χ1) is 10.9. The molecule has 0 heterocycles. The smallest absolute Gasteiger partial charge is 0.341 e. The average molecular weight is 335 g/mol. The Morgan fingerprint density at radius 2 is 1.70 bits per heavy atom. The van der Waals surface area contributed by atoms with E-state index in [1.807, 2.05) is 6.92 Å². The van der Waals surface area contributed by atoms with Crippen molar-refractivity contribution in [2.45, 2.75) is 11.8 Å². The van der Waals surface area contributed by atoms with Crippen molar-refractivity contribution in [1.29, 1.82) is 0 Å². The number of anilines is 1. The minimum atomic E-state index is -3.72. The highest BCUT2D eigenvalue weighted by Gasteiger charge is 2.17. The summed E-state index contributed by atoms with van der Waals surface area (Å²) in [7, 11) is -1.07. The van der Waals surface area contributed by atoms with Crippen LogP contribution in [0.5, 0.6) is 5.75 Å². The topological polar surface area (TPSA) is 81.7 Å². The molecular weight excluding hydrogens is 318 g/mol. The molecule has 0 amide bonds. The predicted octanol–water partition coefficient (Wildman–Crippen LogP) is 2.59. The van der Waals surface area contributed by atoms with Gasteiger partial charge in [0.15, 0.2) is 0 Å². The number of esters is 1. The van der Waals surface area contributed by atoms with E-state index in [2.05, 4.69) is 9.46 Å². The molecular formula is C16H17NO5S. The number of sulfonamides is 1. The zero-order chi connectivity index (χ0) is 17.0. The van der Waals surface area contributed by atoms with Gasteiger partial charge in [-0.3, -0.25) is 4.72 Å². The predicted molar refractivity (Wildman–Crippen MR) is 86.3 cm³/mol. The van der Waals surface area contributed by atoms with Gasteiger partial charge < -0.3 is 9.47 Å². The zero-order valence-electron chi connectivity index (χ0n) is 13.0. The largest absolute Gasteiger partial charge is 0.496 e. The second-order valence-corrected chi connectivity index (χ2v) is 6.51. The number of rotatable bonds is 5. The van der Waals surface area contributed by atoms with Gasteiger partial charge in [0.05, 0.1) is 24.8 Å². The Balaban J connectivity index is 2.32. The van der Waals surface area contributed by atoms with Crippen LogP contribution in [0.1, 0.15) is 15.9 Å². The lowest BCUT2D eigenvalue weighted by Crippen LogP contribution is -2.13. The van der Waals surface area contributed by atoms with Crippen molar-refractivity contribution in [3.8, 4) is 5.75 Å². The molecule has 0 fully saturated rings. The van der Waals surface area contributed by atoms with E-state index in [4.69, 9.17) is 4.74 Å². The van der Waals surface area contributed by atoms with Crippen LogP contribution in [0.2, 0.25) is 0 Å². The molecule has 0 saturated carbocycles. The molecule has 6 nitrogen and oxygen atoms in total. The molecule has 7 heteroatoms. The summed E-state index contributed by atoms with van der Waals surface area (Å²) in [4.78, 5) is 11.8. The average Bonchev–Trinajstić information content (AvgIpc) is 2.54. The molecule has 122 valence electrons. The van der Waals surface area contributed by atoms with E-state index in [0.29, 0.717) is 0 Å². The molecule has 0 bridgehead atoms. The maximum absolute atomic E-state index is 12.3. The summed E-state index contributed by atoms with van der Waals surface area (Å²) in [6.45, 7) is 1.88. The minimum Gasteiger partial charge on any atom is -0.496 e. The molecule has 2 aromatic carbocycles. The van der Waals surface area contributed by atoms with Crippen LogP contribution in [0, 0.1) is 6.92 Å². The standard InChI is InChI=1S/C16H17NO5S/c1-11-4-7-13(8-5-11)23(19,20)17-12-6-9-14(16(18)22-3)15(10-12)21-2/h4-10,17H,1-3H3. The molecule has 0 saturated heterocycles. The number of carbonyl (C=O) groups is 1. The summed E-state index contributed by atoms with van der Waals surface area (Å²) >= 11 is 0. The van der Waals surface area contributed by atoms with Crippen LogP contribution in [-0.4, -0.2) is 28.6 Å². The molecule has 1 N–H and O–H groups in total. The van der Waals surface area contributed by atoms with Gasteiger partial charge in [0.25, 0.3) is 10.0 Å². The third kappa shape index (κ3) is 3.81. The van der Waals surface area contributed by atoms with Gasteiger partial charge in [-0.25, -0.2) is 13.2 Å². The van der Waals surface area contributed by atoms with Crippen molar-refractivity contribution in [2.24, 2.45) is 0 Å². The second kappa shape index (κ2) is 6.70. The Hall–Kier alpha value is -2.54. The fourth-order valence-corrected chi connectivity index (χ4v) is 3.01. The maximum Gasteiger partial charge on any atom is 0.341 e. The highest BCUT2D eigenvalue weighted by atomic mass is 32.2. The highest BCUT2D eigenvalue weighted by molar-refractivity contribution is 7.92. The minimum absolute atomic E-state index is 0.152. The van der Waals surface area contributed by atoms with Crippen LogP contribution in [-0.2, 0) is 14.8 Å². The normalized spacial score (nSPS) is 10.9. The Morgan fingerprint density at radius 1 is 1.04 bits per heavy atom. The number of benzene rings is 2. The lowest BCUT2D eigenvalue weighted by molar-refractivity contribution is 0.0597. The van der Waals surface area contributed by atoms with Gasteiger partial charge in [-0.2, -0.15) is 0 Å². The zero-order valence-corrected chi connectivity index (χ0v) is 13.8. The molecule has 0 aliphatic carbocycles. The van der Waals surface area contributed by atoms with E-state index in [-0.39, 0.29) is 21.9 Å². The van der Waals surface area contributed by atoms with Crippen LogP contribution in [0.4, 0.5) is 5.69 Å². The molecule has 0 unspecified atom stereocenters. The Morgan fingerprint density at radius 3 is 2.26 bits per heavy atom. The van der Waals surface area contributed by atoms with Crippen molar-refractivity contribution in [2.75, 3.05) is 18.9 Å². The molecule has 0 atom stereocenters. The quantitative estimate of drug-likeness (QED) is 0.849. The number of ether oxygens (including phenoxy) is 2. The molecule has 0 aromatic heterocycles. The molecule has 2 aromatic rings. The molecule has 0 radical (unpaired) electrons. The van der Waals surface area contributed by atoms with Crippen LogP contribution in [0.15, 0.2) is 47.4 Å². The van der Waals surface area contributed by atoms with Gasteiger partial charge >= 0.3 is 5.97 Å². The Kier molecular flexibility index (Phi) is 4.90. The van der Waals surface area contributed by atoms with Crippen molar-refractivity contribution in [3.63, 3.8) is 0 Å². The van der Waals surface area contributed by atoms with Crippen molar-refractivity contribution in [1.82, 2.24) is 0 Å². The summed E-state index contributed by atoms with van der Waals surface area (Å²) in [6, 6.07) is 10.8. The molecule has 0 aliphatic rings. The molecule has 0 aliphatic heterocycles. The van der Waals surface area contributed by atoms with Crippen molar-refractivity contribution in [3.05, 3.63) is 53.6 Å². The first-order valence-corrected chi connectivity index (χ1v) is 8.21. The number of methoxy groups -OCH3 is 2. The lowest BCUT2D eigenvalue weighted by Gasteiger charge is -2.12. The maximum atomic E-state index is 12.3. The third-order valence-corrected chi connectivity index (χ3v) is 4.59. The molecule has 2 rings (SSSR count). The second-order valence-electron chi connectivity index (χ2n) is 4.83. The third-order valence-electron chi connectivity index (χ3n) is 3.19. The highest BCUT2D eigenvalue weighted by Crippen LogP contribution is 2.25. The van der Waals surface area contributed by atoms with Gasteiger partial charge in [-0.15, -0.1) is 0 Å². The van der Waals surface area contributed by atoms with Crippen LogP contribution in [0.25, 0.3) is 0 Å². The van der Waals surface area contributed by atoms with Gasteiger partial charge in [0, 0.05) is 6.07 Å². The number of nitrogens with one attached hydrogen (secondary N) is 1. The summed E-state index contributed by atoms with van der Waals surface area (Å²) in [5.41, 5.74) is 1.47. The van der Waals surface area contributed by atoms with E-state index in [0.717, 1.165) is 5.56 Å². The van der Waals surface area contributed by atoms with Crippen LogP contribution in [0.3, 0.4) is 0 Å². The lowest BCUT2D eigenvalue weighted by atomic mass is 10.2. The molecule has 23 heavy (non-hydrogen) atoms. The van der Waals surface area contributed by atoms with E-state index in [1.54, 1.807) is 12.1 Å². The first-order valence-electron chi connectivity index (χ1n) is 6.73. The van der Waals surface area contributed by atoms with E-state index in [1.165, 1.54) is 44.6 Å².